The van der Waals surface area contributed by atoms with Crippen LogP contribution in [0, 0.1) is 17.5 Å². The topological polar surface area (TPSA) is 82.6 Å². The Morgan fingerprint density at radius 1 is 0.943 bits per heavy atom. The largest absolute Gasteiger partial charge is 0.471 e. The highest BCUT2D eigenvalue weighted by Crippen LogP contribution is 2.24. The molecule has 1 saturated carbocycles. The van der Waals surface area contributed by atoms with Gasteiger partial charge in [0.15, 0.2) is 11.6 Å². The summed E-state index contributed by atoms with van der Waals surface area (Å²) in [5, 5.41) is 7.09. The number of hydrogen-bond acceptors (Lipinski definition) is 3. The first kappa shape index (κ1) is 26.3. The molecule has 2 aromatic carbocycles. The number of guanidine groups is 1. The number of nitrogens with zero attached hydrogens (tertiary/aromatic N) is 1. The third-order valence-corrected chi connectivity index (χ3v) is 5.36. The monoisotopic (exact) mass is 520 g/mol. The zero-order valence-electron chi connectivity index (χ0n) is 17.9. The Hall–Kier alpha value is -3.28. The number of halogens is 7. The second-order valence-electron chi connectivity index (χ2n) is 7.82. The van der Waals surface area contributed by atoms with Gasteiger partial charge in [-0.25, -0.2) is 18.2 Å². The van der Waals surface area contributed by atoms with Crippen molar-refractivity contribution < 1.29 is 35.9 Å². The van der Waals surface area contributed by atoms with Gasteiger partial charge in [-0.2, -0.15) is 13.2 Å². The third kappa shape index (κ3) is 7.61. The van der Waals surface area contributed by atoms with Gasteiger partial charge in [-0.1, -0.05) is 11.6 Å². The quantitative estimate of drug-likeness (QED) is 0.303. The van der Waals surface area contributed by atoms with E-state index < -0.39 is 47.5 Å². The lowest BCUT2D eigenvalue weighted by atomic mass is 9.91. The van der Waals surface area contributed by atoms with Crippen molar-refractivity contribution in [2.45, 2.75) is 43.9 Å². The Kier molecular flexibility index (Phi) is 8.26. The highest BCUT2D eigenvalue weighted by molar-refractivity contribution is 6.31. The fourth-order valence-electron chi connectivity index (χ4n) is 3.47. The SMILES string of the molecule is O=C(NC(=NC1CCC(NC(=O)C(F)(F)F)CC1)Nc1cc(F)cc(Cl)c1)c1ccc(F)c(F)c1. The van der Waals surface area contributed by atoms with Crippen molar-refractivity contribution >= 4 is 35.1 Å². The van der Waals surface area contributed by atoms with E-state index in [0.29, 0.717) is 6.07 Å². The molecule has 2 amide bonds. The number of aliphatic imine (C=N–C) groups is 1. The maximum Gasteiger partial charge on any atom is 0.471 e. The van der Waals surface area contributed by atoms with Gasteiger partial charge in [0.05, 0.1) is 6.04 Å². The van der Waals surface area contributed by atoms with Crippen molar-refractivity contribution in [3.63, 3.8) is 0 Å². The number of benzene rings is 2. The van der Waals surface area contributed by atoms with E-state index in [0.717, 1.165) is 24.3 Å². The van der Waals surface area contributed by atoms with Crippen LogP contribution in [-0.4, -0.2) is 36.0 Å². The molecule has 0 radical (unpaired) electrons. The molecule has 1 fully saturated rings. The number of amides is 2. The Morgan fingerprint density at radius 2 is 1.63 bits per heavy atom. The van der Waals surface area contributed by atoms with Crippen LogP contribution in [0.1, 0.15) is 36.0 Å². The molecule has 6 nitrogen and oxygen atoms in total. The molecule has 0 saturated heterocycles. The van der Waals surface area contributed by atoms with E-state index >= 15 is 0 Å². The summed E-state index contributed by atoms with van der Waals surface area (Å²) in [6.07, 6.45) is -4.03. The van der Waals surface area contributed by atoms with E-state index in [1.54, 1.807) is 0 Å². The van der Waals surface area contributed by atoms with Crippen molar-refractivity contribution in [1.82, 2.24) is 10.6 Å². The van der Waals surface area contributed by atoms with Crippen LogP contribution in [0.25, 0.3) is 0 Å². The van der Waals surface area contributed by atoms with Gasteiger partial charge >= 0.3 is 12.1 Å². The second kappa shape index (κ2) is 11.0. The molecule has 0 atom stereocenters. The molecule has 35 heavy (non-hydrogen) atoms. The lowest BCUT2D eigenvalue weighted by molar-refractivity contribution is -0.174. The molecule has 2 aromatic rings. The maximum atomic E-state index is 13.7. The molecule has 13 heteroatoms. The van der Waals surface area contributed by atoms with Gasteiger partial charge in [0.2, 0.25) is 5.96 Å². The van der Waals surface area contributed by atoms with Crippen LogP contribution >= 0.6 is 11.6 Å². The Bertz CT molecular complexity index is 1110. The van der Waals surface area contributed by atoms with Crippen molar-refractivity contribution in [2.24, 2.45) is 4.99 Å². The average molecular weight is 521 g/mol. The number of carbonyl (C=O) groups excluding carboxylic acids is 2. The van der Waals surface area contributed by atoms with E-state index in [9.17, 15) is 35.9 Å². The normalized spacial score (nSPS) is 18.7. The predicted octanol–water partition coefficient (Wildman–Crippen LogP) is 4.94. The Morgan fingerprint density at radius 3 is 2.23 bits per heavy atom. The van der Waals surface area contributed by atoms with Crippen LogP contribution in [0.3, 0.4) is 0 Å². The summed E-state index contributed by atoms with van der Waals surface area (Å²) >= 11 is 5.85. The maximum absolute atomic E-state index is 13.7. The summed E-state index contributed by atoms with van der Waals surface area (Å²) in [5.41, 5.74) is -0.0836. The number of alkyl halides is 3. The molecule has 188 valence electrons. The summed E-state index contributed by atoms with van der Waals surface area (Å²) in [4.78, 5) is 28.1. The van der Waals surface area contributed by atoms with Crippen molar-refractivity contribution in [1.29, 1.82) is 0 Å². The molecule has 0 unspecified atom stereocenters. The number of rotatable bonds is 4. The molecule has 1 aliphatic rings. The zero-order chi connectivity index (χ0) is 25.8. The van der Waals surface area contributed by atoms with Gasteiger partial charge in [-0.05, 0) is 62.1 Å². The molecule has 0 heterocycles. The minimum Gasteiger partial charge on any atom is -0.346 e. The third-order valence-electron chi connectivity index (χ3n) is 5.14. The van der Waals surface area contributed by atoms with E-state index in [1.165, 1.54) is 6.07 Å². The van der Waals surface area contributed by atoms with Gasteiger partial charge in [-0.15, -0.1) is 0 Å². The van der Waals surface area contributed by atoms with Crippen LogP contribution < -0.4 is 16.0 Å². The number of carbonyl (C=O) groups is 2. The lowest BCUT2D eigenvalue weighted by Gasteiger charge is -2.28. The van der Waals surface area contributed by atoms with Crippen LogP contribution in [0.4, 0.5) is 32.0 Å². The lowest BCUT2D eigenvalue weighted by Crippen LogP contribution is -2.45. The summed E-state index contributed by atoms with van der Waals surface area (Å²) in [6.45, 7) is 0. The van der Waals surface area contributed by atoms with E-state index in [2.05, 4.69) is 15.6 Å². The Balaban J connectivity index is 1.75. The van der Waals surface area contributed by atoms with Gasteiger partial charge in [-0.3, -0.25) is 14.9 Å². The fourth-order valence-corrected chi connectivity index (χ4v) is 3.70. The molecule has 0 spiro atoms. The smallest absolute Gasteiger partial charge is 0.346 e. The van der Waals surface area contributed by atoms with Crippen LogP contribution in [-0.2, 0) is 4.79 Å². The first-order valence-electron chi connectivity index (χ1n) is 10.4. The second-order valence-corrected chi connectivity index (χ2v) is 8.26. The van der Waals surface area contributed by atoms with Gasteiger partial charge in [0.25, 0.3) is 5.91 Å². The molecule has 1 aliphatic carbocycles. The highest BCUT2D eigenvalue weighted by Gasteiger charge is 2.40. The molecular weight excluding hydrogens is 502 g/mol. The summed E-state index contributed by atoms with van der Waals surface area (Å²) < 4.78 is 77.8. The van der Waals surface area contributed by atoms with E-state index in [4.69, 9.17) is 11.6 Å². The summed E-state index contributed by atoms with van der Waals surface area (Å²) in [7, 11) is 0. The fraction of sp³-hybridized carbons (Fsp3) is 0.318. The first-order valence-corrected chi connectivity index (χ1v) is 10.7. The van der Waals surface area contributed by atoms with Gasteiger partial charge < -0.3 is 10.6 Å². The molecule has 3 N–H and O–H groups in total. The molecular formula is C22H19ClF6N4O2. The molecule has 0 aromatic heterocycles. The Labute approximate surface area is 200 Å². The number of nitrogens with one attached hydrogen (secondary N) is 3. The number of anilines is 1. The number of hydrogen-bond donors (Lipinski definition) is 3. The van der Waals surface area contributed by atoms with Crippen LogP contribution in [0.5, 0.6) is 0 Å². The minimum absolute atomic E-state index is 0.0553. The minimum atomic E-state index is -4.98. The van der Waals surface area contributed by atoms with Crippen molar-refractivity contribution in [3.05, 3.63) is 64.4 Å². The van der Waals surface area contributed by atoms with Crippen LogP contribution in [0.2, 0.25) is 5.02 Å². The van der Waals surface area contributed by atoms with Crippen molar-refractivity contribution in [2.75, 3.05) is 5.32 Å². The standard InChI is InChI=1S/C22H19ClF6N4O2/c23-12-8-13(24)10-16(9-12)32-21(33-19(34)11-1-6-17(25)18(26)7-11)31-15-4-2-14(3-5-15)30-20(35)22(27,28)29/h1,6-10,14-15H,2-5H2,(H,30,35)(H2,31,32,33,34). The molecule has 0 aliphatic heterocycles. The molecule has 0 bridgehead atoms. The van der Waals surface area contributed by atoms with Crippen LogP contribution in [0.15, 0.2) is 41.4 Å². The zero-order valence-corrected chi connectivity index (χ0v) is 18.6. The van der Waals surface area contributed by atoms with E-state index in [1.807, 2.05) is 5.32 Å². The van der Waals surface area contributed by atoms with E-state index in [-0.39, 0.29) is 47.9 Å². The van der Waals surface area contributed by atoms with Crippen molar-refractivity contribution in [3.8, 4) is 0 Å². The summed E-state index contributed by atoms with van der Waals surface area (Å²) in [5.74, 6) is -6.08. The predicted molar refractivity (Wildman–Crippen MR) is 117 cm³/mol. The van der Waals surface area contributed by atoms with Gasteiger partial charge in [0, 0.05) is 22.3 Å². The van der Waals surface area contributed by atoms with Gasteiger partial charge in [0.1, 0.15) is 5.82 Å². The highest BCUT2D eigenvalue weighted by atomic mass is 35.5. The molecule has 3 rings (SSSR count). The average Bonchev–Trinajstić information content (AvgIpc) is 2.75. The first-order chi connectivity index (χ1) is 16.4. The summed E-state index contributed by atoms with van der Waals surface area (Å²) in [6, 6.07) is 4.85.